The van der Waals surface area contributed by atoms with E-state index < -0.39 is 15.6 Å². The van der Waals surface area contributed by atoms with E-state index in [1.165, 1.54) is 49.7 Å². The second-order valence-electron chi connectivity index (χ2n) is 3.69. The van der Waals surface area contributed by atoms with Gasteiger partial charge in [0.15, 0.2) is 0 Å². The molecule has 0 saturated heterocycles. The van der Waals surface area contributed by atoms with Crippen LogP contribution in [0.1, 0.15) is 0 Å². The van der Waals surface area contributed by atoms with Crippen molar-refractivity contribution >= 4 is 15.7 Å². The van der Waals surface area contributed by atoms with Gasteiger partial charge in [0.1, 0.15) is 11.4 Å². The van der Waals surface area contributed by atoms with Gasteiger partial charge in [-0.1, -0.05) is 0 Å². The molecule has 0 bridgehead atoms. The van der Waals surface area contributed by atoms with E-state index in [0.29, 0.717) is 5.75 Å². The van der Waals surface area contributed by atoms with Crippen LogP contribution in [0, 0.1) is 0 Å². The van der Waals surface area contributed by atoms with Crippen molar-refractivity contribution in [2.24, 2.45) is 0 Å². The zero-order valence-electron chi connectivity index (χ0n) is 10.1. The molecule has 0 atom stereocenters. The van der Waals surface area contributed by atoms with Crippen molar-refractivity contribution in [3.05, 3.63) is 52.9 Å². The molecule has 0 amide bonds. The Morgan fingerprint density at radius 3 is 2.42 bits per heavy atom. The van der Waals surface area contributed by atoms with Gasteiger partial charge in [-0.05, 0) is 36.4 Å². The van der Waals surface area contributed by atoms with E-state index in [4.69, 9.17) is 4.74 Å². The fourth-order valence-electron chi connectivity index (χ4n) is 1.46. The first-order chi connectivity index (χ1) is 9.03. The zero-order chi connectivity index (χ0) is 13.9. The van der Waals surface area contributed by atoms with Crippen LogP contribution >= 0.6 is 0 Å². The summed E-state index contributed by atoms with van der Waals surface area (Å²) >= 11 is 0. The smallest absolute Gasteiger partial charge is 0.272 e. The molecule has 1 aromatic carbocycles. The van der Waals surface area contributed by atoms with E-state index in [1.807, 2.05) is 0 Å². The minimum absolute atomic E-state index is 0.0293. The zero-order valence-corrected chi connectivity index (χ0v) is 10.9. The number of H-pyrrole nitrogens is 1. The summed E-state index contributed by atoms with van der Waals surface area (Å²) in [6.07, 6.45) is 1.42. The fraction of sp³-hybridized carbons (Fsp3) is 0.0833. The lowest BCUT2D eigenvalue weighted by Gasteiger charge is -2.07. The van der Waals surface area contributed by atoms with Gasteiger partial charge in [0.2, 0.25) is 0 Å². The predicted octanol–water partition coefficient (Wildman–Crippen LogP) is 1.18. The highest BCUT2D eigenvalue weighted by molar-refractivity contribution is 7.92. The highest BCUT2D eigenvalue weighted by atomic mass is 32.2. The van der Waals surface area contributed by atoms with E-state index in [-0.39, 0.29) is 10.6 Å². The topological polar surface area (TPSA) is 88.3 Å². The van der Waals surface area contributed by atoms with Crippen molar-refractivity contribution in [2.75, 3.05) is 11.8 Å². The lowest BCUT2D eigenvalue weighted by Crippen LogP contribution is -2.19. The highest BCUT2D eigenvalue weighted by Crippen LogP contribution is 2.17. The SMILES string of the molecule is COc1ccc(S(=O)(=O)Nc2ccc[nH]c2=O)cc1. The number of hydrogen-bond donors (Lipinski definition) is 2. The fourth-order valence-corrected chi connectivity index (χ4v) is 2.52. The van der Waals surface area contributed by atoms with Crippen LogP contribution < -0.4 is 15.0 Å². The largest absolute Gasteiger partial charge is 0.497 e. The maximum Gasteiger partial charge on any atom is 0.272 e. The molecule has 0 radical (unpaired) electrons. The molecular weight excluding hydrogens is 268 g/mol. The van der Waals surface area contributed by atoms with Gasteiger partial charge in [0.25, 0.3) is 15.6 Å². The Bertz CT molecular complexity index is 720. The Hall–Kier alpha value is -2.28. The monoisotopic (exact) mass is 280 g/mol. The summed E-state index contributed by atoms with van der Waals surface area (Å²) in [5.74, 6) is 0.552. The minimum atomic E-state index is -3.79. The summed E-state index contributed by atoms with van der Waals surface area (Å²) in [6.45, 7) is 0. The summed E-state index contributed by atoms with van der Waals surface area (Å²) in [5, 5.41) is 0. The number of ether oxygens (including phenoxy) is 1. The third-order valence-corrected chi connectivity index (χ3v) is 3.81. The van der Waals surface area contributed by atoms with Crippen LogP contribution in [0.25, 0.3) is 0 Å². The molecule has 2 N–H and O–H groups in total. The number of rotatable bonds is 4. The van der Waals surface area contributed by atoms with Crippen molar-refractivity contribution in [1.82, 2.24) is 4.98 Å². The van der Waals surface area contributed by atoms with Crippen molar-refractivity contribution in [3.63, 3.8) is 0 Å². The molecule has 0 saturated carbocycles. The molecule has 6 nitrogen and oxygen atoms in total. The molecule has 1 aromatic heterocycles. The Balaban J connectivity index is 2.32. The number of methoxy groups -OCH3 is 1. The maximum atomic E-state index is 12.0. The molecule has 7 heteroatoms. The molecule has 0 fully saturated rings. The van der Waals surface area contributed by atoms with Crippen LogP contribution in [0.15, 0.2) is 52.3 Å². The third-order valence-electron chi connectivity index (χ3n) is 2.43. The molecule has 0 spiro atoms. The van der Waals surface area contributed by atoms with Crippen molar-refractivity contribution in [1.29, 1.82) is 0 Å². The summed E-state index contributed by atoms with van der Waals surface area (Å²) < 4.78 is 31.3. The molecule has 0 aliphatic carbocycles. The van der Waals surface area contributed by atoms with Crippen molar-refractivity contribution in [2.45, 2.75) is 4.90 Å². The van der Waals surface area contributed by atoms with Crippen molar-refractivity contribution < 1.29 is 13.2 Å². The summed E-state index contributed by atoms with van der Waals surface area (Å²) in [5.41, 5.74) is -0.530. The van der Waals surface area contributed by atoms with Crippen LogP contribution in [-0.4, -0.2) is 20.5 Å². The van der Waals surface area contributed by atoms with Gasteiger partial charge in [-0.3, -0.25) is 9.52 Å². The summed E-state index contributed by atoms with van der Waals surface area (Å²) in [6, 6.07) is 8.79. The normalized spacial score (nSPS) is 11.0. The van der Waals surface area contributed by atoms with E-state index >= 15 is 0 Å². The summed E-state index contributed by atoms with van der Waals surface area (Å²) in [4.78, 5) is 13.9. The molecular formula is C12H12N2O4S. The number of aromatic amines is 1. The molecule has 2 rings (SSSR count). The quantitative estimate of drug-likeness (QED) is 0.880. The lowest BCUT2D eigenvalue weighted by molar-refractivity contribution is 0.414. The Morgan fingerprint density at radius 1 is 1.16 bits per heavy atom. The molecule has 100 valence electrons. The summed E-state index contributed by atoms with van der Waals surface area (Å²) in [7, 11) is -2.30. The molecule has 2 aromatic rings. The van der Waals surface area contributed by atoms with E-state index in [2.05, 4.69) is 9.71 Å². The standard InChI is InChI=1S/C12H12N2O4S/c1-18-9-4-6-10(7-5-9)19(16,17)14-11-3-2-8-13-12(11)15/h2-8,14H,1H3,(H,13,15). The number of nitrogens with one attached hydrogen (secondary N) is 2. The first-order valence-corrected chi connectivity index (χ1v) is 6.86. The molecule has 19 heavy (non-hydrogen) atoms. The average molecular weight is 280 g/mol. The van der Waals surface area contributed by atoms with Gasteiger partial charge >= 0.3 is 0 Å². The Kier molecular flexibility index (Phi) is 3.57. The molecule has 0 aliphatic heterocycles. The maximum absolute atomic E-state index is 12.0. The van der Waals surface area contributed by atoms with Crippen molar-refractivity contribution in [3.8, 4) is 5.75 Å². The van der Waals surface area contributed by atoms with E-state index in [0.717, 1.165) is 0 Å². The number of pyridine rings is 1. The van der Waals surface area contributed by atoms with Gasteiger partial charge in [-0.2, -0.15) is 0 Å². The number of sulfonamides is 1. The first-order valence-electron chi connectivity index (χ1n) is 5.37. The van der Waals surface area contributed by atoms with Crippen LogP contribution in [0.3, 0.4) is 0 Å². The lowest BCUT2D eigenvalue weighted by atomic mass is 10.3. The number of benzene rings is 1. The predicted molar refractivity (Wildman–Crippen MR) is 70.9 cm³/mol. The molecule has 0 unspecified atom stereocenters. The highest BCUT2D eigenvalue weighted by Gasteiger charge is 2.15. The Labute approximate surface area is 110 Å². The van der Waals surface area contributed by atoms with E-state index in [1.54, 1.807) is 0 Å². The van der Waals surface area contributed by atoms with Gasteiger partial charge in [-0.25, -0.2) is 8.42 Å². The van der Waals surface area contributed by atoms with Gasteiger partial charge in [0, 0.05) is 6.20 Å². The average Bonchev–Trinajstić information content (AvgIpc) is 2.41. The van der Waals surface area contributed by atoms with Crippen LogP contribution in [0.5, 0.6) is 5.75 Å². The van der Waals surface area contributed by atoms with Gasteiger partial charge in [0.05, 0.1) is 12.0 Å². The van der Waals surface area contributed by atoms with Gasteiger partial charge < -0.3 is 9.72 Å². The van der Waals surface area contributed by atoms with Crippen LogP contribution in [0.4, 0.5) is 5.69 Å². The number of aromatic nitrogens is 1. The van der Waals surface area contributed by atoms with Crippen LogP contribution in [-0.2, 0) is 10.0 Å². The number of anilines is 1. The van der Waals surface area contributed by atoms with Gasteiger partial charge in [-0.15, -0.1) is 0 Å². The Morgan fingerprint density at radius 2 is 1.84 bits per heavy atom. The first kappa shape index (κ1) is 13.2. The van der Waals surface area contributed by atoms with Crippen LogP contribution in [0.2, 0.25) is 0 Å². The minimum Gasteiger partial charge on any atom is -0.497 e. The molecule has 1 heterocycles. The molecule has 0 aliphatic rings. The number of hydrogen-bond acceptors (Lipinski definition) is 4. The van der Waals surface area contributed by atoms with E-state index in [9.17, 15) is 13.2 Å². The second kappa shape index (κ2) is 5.15. The second-order valence-corrected chi connectivity index (χ2v) is 5.38. The third kappa shape index (κ3) is 2.94.